The van der Waals surface area contributed by atoms with E-state index in [1.54, 1.807) is 19.0 Å². The van der Waals surface area contributed by atoms with Crippen LogP contribution in [0, 0.1) is 5.92 Å². The fourth-order valence-corrected chi connectivity index (χ4v) is 4.32. The third-order valence-electron chi connectivity index (χ3n) is 5.04. The molecular weight excluding hydrogens is 489 g/mol. The second-order valence-electron chi connectivity index (χ2n) is 7.88. The predicted molar refractivity (Wildman–Crippen MR) is 127 cm³/mol. The van der Waals surface area contributed by atoms with Gasteiger partial charge in [0.2, 0.25) is 11.8 Å². The first-order valence-corrected chi connectivity index (χ1v) is 11.2. The Kier molecular flexibility index (Phi) is 11.5. The molecule has 0 atom stereocenters. The molecule has 0 aromatic heterocycles. The Balaban J connectivity index is 0.00000392. The molecular formula is C19H36IN5O2S. The van der Waals surface area contributed by atoms with Gasteiger partial charge in [0.15, 0.2) is 5.96 Å². The summed E-state index contributed by atoms with van der Waals surface area (Å²) in [5.74, 6) is 3.31. The van der Waals surface area contributed by atoms with Crippen LogP contribution in [0.5, 0.6) is 0 Å². The van der Waals surface area contributed by atoms with Crippen LogP contribution < -0.4 is 10.6 Å². The highest BCUT2D eigenvalue weighted by Gasteiger charge is 2.30. The molecule has 7 nitrogen and oxygen atoms in total. The fourth-order valence-electron chi connectivity index (χ4n) is 3.41. The Bertz CT molecular complexity index is 530. The fraction of sp³-hybridized carbons (Fsp3) is 0.842. The Morgan fingerprint density at radius 2 is 1.75 bits per heavy atom. The summed E-state index contributed by atoms with van der Waals surface area (Å²) in [6.07, 6.45) is 3.76. The van der Waals surface area contributed by atoms with Crippen LogP contribution in [0.4, 0.5) is 0 Å². The van der Waals surface area contributed by atoms with E-state index in [0.29, 0.717) is 17.9 Å². The molecule has 2 aliphatic rings. The molecule has 2 amide bonds. The van der Waals surface area contributed by atoms with Crippen LogP contribution in [-0.4, -0.2) is 84.9 Å². The van der Waals surface area contributed by atoms with Crippen molar-refractivity contribution >= 4 is 53.5 Å². The molecule has 0 unspecified atom stereocenters. The number of likely N-dealkylation sites (N-methyl/N-ethyl adjacent to an activating group) is 1. The van der Waals surface area contributed by atoms with E-state index < -0.39 is 0 Å². The highest BCUT2D eigenvalue weighted by atomic mass is 127. The van der Waals surface area contributed by atoms with Crippen molar-refractivity contribution in [3.05, 3.63) is 0 Å². The van der Waals surface area contributed by atoms with Crippen molar-refractivity contribution in [3.8, 4) is 0 Å². The molecule has 1 aliphatic heterocycles. The van der Waals surface area contributed by atoms with Gasteiger partial charge in [-0.05, 0) is 39.5 Å². The second-order valence-corrected chi connectivity index (χ2v) is 9.11. The number of amides is 2. The number of carbonyl (C=O) groups excluding carboxylic acids is 2. The van der Waals surface area contributed by atoms with Gasteiger partial charge in [-0.15, -0.1) is 24.0 Å². The first-order valence-electron chi connectivity index (χ1n) is 10.0. The number of hydrogen-bond acceptors (Lipinski definition) is 4. The SMILES string of the molecule is CC(C)NC(=NCC(=O)N(C)C)NC1CCC(C(=O)N2CCSCC2)CC1.I. The van der Waals surface area contributed by atoms with Crippen LogP contribution in [-0.2, 0) is 9.59 Å². The number of carbonyl (C=O) groups is 2. The maximum absolute atomic E-state index is 12.7. The summed E-state index contributed by atoms with van der Waals surface area (Å²) in [6, 6.07) is 0.533. The molecule has 1 saturated heterocycles. The van der Waals surface area contributed by atoms with E-state index >= 15 is 0 Å². The molecule has 1 aliphatic carbocycles. The lowest BCUT2D eigenvalue weighted by Gasteiger charge is -2.34. The summed E-state index contributed by atoms with van der Waals surface area (Å²) in [7, 11) is 3.47. The Hall–Kier alpha value is -0.710. The molecule has 1 saturated carbocycles. The molecule has 2 N–H and O–H groups in total. The zero-order valence-electron chi connectivity index (χ0n) is 17.6. The van der Waals surface area contributed by atoms with Gasteiger partial charge in [-0.1, -0.05) is 0 Å². The summed E-state index contributed by atoms with van der Waals surface area (Å²) < 4.78 is 0. The minimum atomic E-state index is -0.0196. The van der Waals surface area contributed by atoms with Gasteiger partial charge in [-0.3, -0.25) is 9.59 Å². The van der Waals surface area contributed by atoms with Crippen molar-refractivity contribution in [2.75, 3.05) is 45.2 Å². The number of hydrogen-bond donors (Lipinski definition) is 2. The topological polar surface area (TPSA) is 77.0 Å². The van der Waals surface area contributed by atoms with E-state index in [1.165, 1.54) is 0 Å². The molecule has 1 heterocycles. The normalized spacial score (nSPS) is 23.0. The monoisotopic (exact) mass is 525 g/mol. The van der Waals surface area contributed by atoms with Gasteiger partial charge in [-0.2, -0.15) is 11.8 Å². The summed E-state index contributed by atoms with van der Waals surface area (Å²) >= 11 is 1.93. The number of halogens is 1. The highest BCUT2D eigenvalue weighted by molar-refractivity contribution is 14.0. The number of guanidine groups is 1. The van der Waals surface area contributed by atoms with Gasteiger partial charge in [0.1, 0.15) is 6.54 Å². The molecule has 0 bridgehead atoms. The van der Waals surface area contributed by atoms with Crippen LogP contribution >= 0.6 is 35.7 Å². The summed E-state index contributed by atoms with van der Waals surface area (Å²) in [5, 5.41) is 6.76. The third kappa shape index (κ3) is 8.34. The van der Waals surface area contributed by atoms with Crippen molar-refractivity contribution in [2.24, 2.45) is 10.9 Å². The molecule has 28 heavy (non-hydrogen) atoms. The molecule has 162 valence electrons. The molecule has 2 fully saturated rings. The molecule has 0 aromatic rings. The lowest BCUT2D eigenvalue weighted by Crippen LogP contribution is -2.49. The van der Waals surface area contributed by atoms with Crippen LogP contribution in [0.25, 0.3) is 0 Å². The van der Waals surface area contributed by atoms with Crippen LogP contribution in [0.1, 0.15) is 39.5 Å². The quantitative estimate of drug-likeness (QED) is 0.325. The van der Waals surface area contributed by atoms with Crippen LogP contribution in [0.15, 0.2) is 4.99 Å². The van der Waals surface area contributed by atoms with E-state index in [2.05, 4.69) is 34.4 Å². The molecule has 0 radical (unpaired) electrons. The molecule has 2 rings (SSSR count). The van der Waals surface area contributed by atoms with E-state index in [-0.39, 0.29) is 48.4 Å². The zero-order chi connectivity index (χ0) is 19.8. The maximum Gasteiger partial charge on any atom is 0.243 e. The Morgan fingerprint density at radius 1 is 1.14 bits per heavy atom. The van der Waals surface area contributed by atoms with E-state index in [0.717, 1.165) is 50.3 Å². The van der Waals surface area contributed by atoms with Crippen LogP contribution in [0.2, 0.25) is 0 Å². The third-order valence-corrected chi connectivity index (χ3v) is 5.98. The van der Waals surface area contributed by atoms with Crippen molar-refractivity contribution in [1.82, 2.24) is 20.4 Å². The van der Waals surface area contributed by atoms with Crippen molar-refractivity contribution in [2.45, 2.75) is 51.6 Å². The van der Waals surface area contributed by atoms with E-state index in [1.807, 2.05) is 11.8 Å². The number of aliphatic imine (C=N–C) groups is 1. The van der Waals surface area contributed by atoms with Gasteiger partial charge in [0.25, 0.3) is 0 Å². The first-order chi connectivity index (χ1) is 12.9. The largest absolute Gasteiger partial charge is 0.354 e. The summed E-state index contributed by atoms with van der Waals surface area (Å²) in [5.41, 5.74) is 0. The predicted octanol–water partition coefficient (Wildman–Crippen LogP) is 1.77. The Labute approximate surface area is 190 Å². The number of nitrogens with zero attached hydrogens (tertiary/aromatic N) is 3. The van der Waals surface area contributed by atoms with Gasteiger partial charge in [0, 0.05) is 56.7 Å². The minimum absolute atomic E-state index is 0. The number of nitrogens with one attached hydrogen (secondary N) is 2. The van der Waals surface area contributed by atoms with Crippen molar-refractivity contribution in [3.63, 3.8) is 0 Å². The molecule has 0 aromatic carbocycles. The minimum Gasteiger partial charge on any atom is -0.354 e. The standard InChI is InChI=1S/C19H35N5O2S.HI/c1-14(2)21-19(20-13-17(25)23(3)4)22-16-7-5-15(6-8-16)18(26)24-9-11-27-12-10-24;/h14-16H,5-13H2,1-4H3,(H2,20,21,22);1H. The Morgan fingerprint density at radius 3 is 2.29 bits per heavy atom. The first kappa shape index (κ1) is 25.3. The lowest BCUT2D eigenvalue weighted by molar-refractivity contribution is -0.136. The average molecular weight is 526 g/mol. The maximum atomic E-state index is 12.7. The summed E-state index contributed by atoms with van der Waals surface area (Å²) in [6.45, 7) is 6.04. The van der Waals surface area contributed by atoms with E-state index in [9.17, 15) is 9.59 Å². The highest BCUT2D eigenvalue weighted by Crippen LogP contribution is 2.27. The van der Waals surface area contributed by atoms with Crippen LogP contribution in [0.3, 0.4) is 0 Å². The van der Waals surface area contributed by atoms with Gasteiger partial charge in [-0.25, -0.2) is 4.99 Å². The van der Waals surface area contributed by atoms with Crippen molar-refractivity contribution < 1.29 is 9.59 Å². The summed E-state index contributed by atoms with van der Waals surface area (Å²) in [4.78, 5) is 32.5. The number of rotatable bonds is 5. The van der Waals surface area contributed by atoms with Crippen molar-refractivity contribution in [1.29, 1.82) is 0 Å². The van der Waals surface area contributed by atoms with E-state index in [4.69, 9.17) is 0 Å². The van der Waals surface area contributed by atoms with Gasteiger partial charge >= 0.3 is 0 Å². The lowest BCUT2D eigenvalue weighted by atomic mass is 9.85. The molecule has 0 spiro atoms. The number of thioether (sulfide) groups is 1. The average Bonchev–Trinajstić information content (AvgIpc) is 2.66. The zero-order valence-corrected chi connectivity index (χ0v) is 20.7. The molecule has 9 heteroatoms. The van der Waals surface area contributed by atoms with Gasteiger partial charge < -0.3 is 20.4 Å². The van der Waals surface area contributed by atoms with Gasteiger partial charge in [0.05, 0.1) is 0 Å². The smallest absolute Gasteiger partial charge is 0.243 e. The second kappa shape index (κ2) is 12.8.